The van der Waals surface area contributed by atoms with Crippen LogP contribution in [0.2, 0.25) is 0 Å². The fourth-order valence-corrected chi connectivity index (χ4v) is 2.58. The summed E-state index contributed by atoms with van der Waals surface area (Å²) in [7, 11) is 0. The van der Waals surface area contributed by atoms with Crippen molar-refractivity contribution in [2.75, 3.05) is 23.8 Å². The number of benzene rings is 1. The summed E-state index contributed by atoms with van der Waals surface area (Å²) in [4.78, 5) is 16.2. The van der Waals surface area contributed by atoms with Gasteiger partial charge in [0.2, 0.25) is 5.91 Å². The summed E-state index contributed by atoms with van der Waals surface area (Å²) in [5, 5.41) is 6.01. The van der Waals surface area contributed by atoms with Crippen LogP contribution in [0.15, 0.2) is 42.6 Å². The summed E-state index contributed by atoms with van der Waals surface area (Å²) >= 11 is 0. The minimum absolute atomic E-state index is 0.182. The van der Waals surface area contributed by atoms with E-state index in [0.717, 1.165) is 37.2 Å². The third-order valence-corrected chi connectivity index (χ3v) is 3.87. The Balaban J connectivity index is 1.47. The Hall–Kier alpha value is -2.47. The highest BCUT2D eigenvalue weighted by Crippen LogP contribution is 2.15. The number of carbonyl (C=O) groups excluding carboxylic acids is 1. The van der Waals surface area contributed by atoms with Gasteiger partial charge in [0, 0.05) is 13.2 Å². The van der Waals surface area contributed by atoms with E-state index >= 15 is 0 Å². The molecule has 1 aliphatic heterocycles. The van der Waals surface area contributed by atoms with Crippen molar-refractivity contribution in [3.05, 3.63) is 54.0 Å². The zero-order chi connectivity index (χ0) is 16.8. The van der Waals surface area contributed by atoms with Crippen LogP contribution in [-0.4, -0.2) is 30.1 Å². The van der Waals surface area contributed by atoms with E-state index in [1.54, 1.807) is 24.4 Å². The Morgan fingerprint density at radius 1 is 1.25 bits per heavy atom. The van der Waals surface area contributed by atoms with E-state index in [2.05, 4.69) is 15.6 Å². The first-order chi connectivity index (χ1) is 11.7. The van der Waals surface area contributed by atoms with Crippen molar-refractivity contribution in [3.8, 4) is 0 Å². The van der Waals surface area contributed by atoms with Crippen LogP contribution in [0.4, 0.5) is 15.9 Å². The summed E-state index contributed by atoms with van der Waals surface area (Å²) in [6.07, 6.45) is 4.32. The summed E-state index contributed by atoms with van der Waals surface area (Å²) in [5.41, 5.74) is 1.64. The molecule has 1 aromatic heterocycles. The van der Waals surface area contributed by atoms with Crippen LogP contribution in [0.5, 0.6) is 0 Å². The Morgan fingerprint density at radius 3 is 2.75 bits per heavy atom. The number of nitrogens with zero attached hydrogens (tertiary/aromatic N) is 1. The molecule has 2 aromatic rings. The number of rotatable bonds is 6. The van der Waals surface area contributed by atoms with Gasteiger partial charge in [-0.05, 0) is 42.7 Å². The molecule has 1 atom stereocenters. The lowest BCUT2D eigenvalue weighted by Gasteiger charge is -2.12. The number of nitrogens with one attached hydrogen (secondary N) is 2. The van der Waals surface area contributed by atoms with Gasteiger partial charge in [-0.3, -0.25) is 4.79 Å². The molecule has 1 unspecified atom stereocenters. The zero-order valence-corrected chi connectivity index (χ0v) is 13.3. The molecule has 24 heavy (non-hydrogen) atoms. The van der Waals surface area contributed by atoms with Gasteiger partial charge in [-0.25, -0.2) is 9.37 Å². The maximum atomic E-state index is 12.8. The molecule has 1 amide bonds. The molecular formula is C18H20FN3O2. The lowest BCUT2D eigenvalue weighted by atomic mass is 10.1. The van der Waals surface area contributed by atoms with Crippen molar-refractivity contribution in [2.45, 2.75) is 25.4 Å². The van der Waals surface area contributed by atoms with Crippen LogP contribution in [-0.2, 0) is 16.0 Å². The van der Waals surface area contributed by atoms with Gasteiger partial charge in [0.25, 0.3) is 0 Å². The highest BCUT2D eigenvalue weighted by molar-refractivity contribution is 5.91. The normalized spacial score (nSPS) is 16.8. The zero-order valence-electron chi connectivity index (χ0n) is 13.3. The van der Waals surface area contributed by atoms with Gasteiger partial charge in [-0.2, -0.15) is 0 Å². The molecule has 0 spiro atoms. The second-order valence-corrected chi connectivity index (χ2v) is 5.80. The molecule has 2 N–H and O–H groups in total. The lowest BCUT2D eigenvalue weighted by Crippen LogP contribution is -2.18. The third-order valence-electron chi connectivity index (χ3n) is 3.87. The van der Waals surface area contributed by atoms with Crippen LogP contribution in [0.1, 0.15) is 18.4 Å². The maximum Gasteiger partial charge on any atom is 0.229 e. The first-order valence-electron chi connectivity index (χ1n) is 8.05. The molecule has 5 nitrogen and oxygen atoms in total. The molecule has 0 bridgehead atoms. The number of aromatic nitrogens is 1. The largest absolute Gasteiger partial charge is 0.381 e. The van der Waals surface area contributed by atoms with E-state index in [1.165, 1.54) is 12.1 Å². The lowest BCUT2D eigenvalue weighted by molar-refractivity contribution is -0.115. The highest BCUT2D eigenvalue weighted by atomic mass is 19.1. The maximum absolute atomic E-state index is 12.8. The smallest absolute Gasteiger partial charge is 0.229 e. The van der Waals surface area contributed by atoms with E-state index in [0.29, 0.717) is 5.82 Å². The van der Waals surface area contributed by atoms with E-state index in [9.17, 15) is 9.18 Å². The second kappa shape index (κ2) is 7.88. The molecule has 1 saturated heterocycles. The summed E-state index contributed by atoms with van der Waals surface area (Å²) < 4.78 is 18.4. The van der Waals surface area contributed by atoms with E-state index < -0.39 is 0 Å². The molecule has 0 saturated carbocycles. The fourth-order valence-electron chi connectivity index (χ4n) is 2.58. The number of carbonyl (C=O) groups is 1. The average Bonchev–Trinajstić information content (AvgIpc) is 3.10. The standard InChI is InChI=1S/C18H20FN3O2/c19-14-5-3-13(4-6-14)10-18(23)22-17-8-7-15(11-21-17)20-12-16-2-1-9-24-16/h3-8,11,16,20H,1-2,9-10,12H2,(H,21,22,23). The Bertz CT molecular complexity index is 668. The SMILES string of the molecule is O=C(Cc1ccc(F)cc1)Nc1ccc(NCC2CCCO2)cn1. The molecule has 1 aliphatic rings. The molecule has 1 aromatic carbocycles. The van der Waals surface area contributed by atoms with Crippen molar-refractivity contribution in [1.29, 1.82) is 0 Å². The number of hydrogen-bond acceptors (Lipinski definition) is 4. The van der Waals surface area contributed by atoms with Gasteiger partial charge in [-0.1, -0.05) is 12.1 Å². The van der Waals surface area contributed by atoms with Crippen LogP contribution in [0.3, 0.4) is 0 Å². The van der Waals surface area contributed by atoms with Gasteiger partial charge in [0.05, 0.1) is 24.4 Å². The Labute approximate surface area is 140 Å². The molecule has 0 radical (unpaired) electrons. The molecule has 0 aliphatic carbocycles. The highest BCUT2D eigenvalue weighted by Gasteiger charge is 2.14. The number of amides is 1. The molecule has 2 heterocycles. The topological polar surface area (TPSA) is 63.2 Å². The predicted molar refractivity (Wildman–Crippen MR) is 90.4 cm³/mol. The van der Waals surface area contributed by atoms with E-state index in [-0.39, 0.29) is 24.2 Å². The first kappa shape index (κ1) is 16.4. The quantitative estimate of drug-likeness (QED) is 0.855. The minimum atomic E-state index is -0.313. The van der Waals surface area contributed by atoms with Gasteiger partial charge in [-0.15, -0.1) is 0 Å². The Kier molecular flexibility index (Phi) is 5.38. The predicted octanol–water partition coefficient (Wildman–Crippen LogP) is 2.99. The van der Waals surface area contributed by atoms with Crippen LogP contribution in [0, 0.1) is 5.82 Å². The molecule has 6 heteroatoms. The van der Waals surface area contributed by atoms with Crippen molar-refractivity contribution < 1.29 is 13.9 Å². The Morgan fingerprint density at radius 2 is 2.08 bits per heavy atom. The monoisotopic (exact) mass is 329 g/mol. The van der Waals surface area contributed by atoms with Gasteiger partial charge < -0.3 is 15.4 Å². The summed E-state index contributed by atoms with van der Waals surface area (Å²) in [6.45, 7) is 1.60. The van der Waals surface area contributed by atoms with Gasteiger partial charge in [0.15, 0.2) is 0 Å². The third kappa shape index (κ3) is 4.76. The minimum Gasteiger partial charge on any atom is -0.381 e. The molecule has 1 fully saturated rings. The van der Waals surface area contributed by atoms with Crippen molar-refractivity contribution in [3.63, 3.8) is 0 Å². The molecular weight excluding hydrogens is 309 g/mol. The van der Waals surface area contributed by atoms with Crippen LogP contribution < -0.4 is 10.6 Å². The summed E-state index contributed by atoms with van der Waals surface area (Å²) in [5.74, 6) is -0.00846. The number of halogens is 1. The number of anilines is 2. The van der Waals surface area contributed by atoms with E-state index in [4.69, 9.17) is 4.74 Å². The molecule has 3 rings (SSSR count). The van der Waals surface area contributed by atoms with Gasteiger partial charge in [0.1, 0.15) is 11.6 Å². The van der Waals surface area contributed by atoms with Gasteiger partial charge >= 0.3 is 0 Å². The van der Waals surface area contributed by atoms with Crippen LogP contribution in [0.25, 0.3) is 0 Å². The fraction of sp³-hybridized carbons (Fsp3) is 0.333. The molecule has 126 valence electrons. The first-order valence-corrected chi connectivity index (χ1v) is 8.05. The van der Waals surface area contributed by atoms with Crippen molar-refractivity contribution in [2.24, 2.45) is 0 Å². The summed E-state index contributed by atoms with van der Waals surface area (Å²) in [6, 6.07) is 9.50. The van der Waals surface area contributed by atoms with Crippen molar-refractivity contribution in [1.82, 2.24) is 4.98 Å². The number of pyridine rings is 1. The number of ether oxygens (including phenoxy) is 1. The van der Waals surface area contributed by atoms with Crippen molar-refractivity contribution >= 4 is 17.4 Å². The second-order valence-electron chi connectivity index (χ2n) is 5.80. The average molecular weight is 329 g/mol. The van der Waals surface area contributed by atoms with Crippen LogP contribution >= 0.6 is 0 Å². The number of hydrogen-bond donors (Lipinski definition) is 2. The van der Waals surface area contributed by atoms with E-state index in [1.807, 2.05) is 6.07 Å².